The van der Waals surface area contributed by atoms with Crippen LogP contribution < -0.4 is 10.6 Å². The van der Waals surface area contributed by atoms with E-state index in [1.807, 2.05) is 18.7 Å². The highest BCUT2D eigenvalue weighted by Gasteiger charge is 2.34. The van der Waals surface area contributed by atoms with Gasteiger partial charge in [0, 0.05) is 45.2 Å². The van der Waals surface area contributed by atoms with E-state index in [4.69, 9.17) is 0 Å². The molecule has 3 amide bonds. The van der Waals surface area contributed by atoms with Crippen molar-refractivity contribution in [2.24, 2.45) is 10.9 Å². The average molecular weight is 428 g/mol. The first-order chi connectivity index (χ1) is 14.9. The van der Waals surface area contributed by atoms with Gasteiger partial charge in [0.1, 0.15) is 0 Å². The van der Waals surface area contributed by atoms with Gasteiger partial charge < -0.3 is 15.5 Å². The number of fused-ring (bicyclic) bond motifs is 1. The van der Waals surface area contributed by atoms with E-state index in [0.717, 1.165) is 44.7 Å². The number of amides is 3. The molecule has 1 aromatic carbocycles. The molecule has 0 bridgehead atoms. The summed E-state index contributed by atoms with van der Waals surface area (Å²) in [5, 5.41) is 6.74. The van der Waals surface area contributed by atoms with Gasteiger partial charge in [0.25, 0.3) is 11.8 Å². The van der Waals surface area contributed by atoms with Crippen LogP contribution in [0.15, 0.2) is 29.3 Å². The summed E-state index contributed by atoms with van der Waals surface area (Å²) >= 11 is 0. The summed E-state index contributed by atoms with van der Waals surface area (Å²) < 4.78 is 0. The predicted octanol–water partition coefficient (Wildman–Crippen LogP) is 1.87. The van der Waals surface area contributed by atoms with Gasteiger partial charge >= 0.3 is 0 Å². The van der Waals surface area contributed by atoms with Crippen molar-refractivity contribution in [2.45, 2.75) is 45.6 Å². The molecule has 0 unspecified atom stereocenters. The molecule has 1 aromatic rings. The van der Waals surface area contributed by atoms with Gasteiger partial charge in [0.2, 0.25) is 5.91 Å². The number of benzene rings is 1. The van der Waals surface area contributed by atoms with Gasteiger partial charge in [-0.3, -0.25) is 24.3 Å². The van der Waals surface area contributed by atoms with E-state index in [-0.39, 0.29) is 23.6 Å². The minimum atomic E-state index is -0.201. The Balaban J connectivity index is 1.35. The Morgan fingerprint density at radius 2 is 1.71 bits per heavy atom. The summed E-state index contributed by atoms with van der Waals surface area (Å²) in [5.41, 5.74) is 0.993. The van der Waals surface area contributed by atoms with E-state index in [1.165, 1.54) is 4.90 Å². The number of carbonyl (C=O) groups excluding carboxylic acids is 3. The number of nitrogens with one attached hydrogen (secondary N) is 2. The Kier molecular flexibility index (Phi) is 7.65. The van der Waals surface area contributed by atoms with Crippen molar-refractivity contribution in [1.29, 1.82) is 0 Å². The van der Waals surface area contributed by atoms with Gasteiger partial charge in [-0.1, -0.05) is 26.0 Å². The van der Waals surface area contributed by atoms with Crippen LogP contribution in [0, 0.1) is 5.92 Å². The summed E-state index contributed by atoms with van der Waals surface area (Å²) in [5.74, 6) is 0.606. The Bertz CT molecular complexity index is 808. The van der Waals surface area contributed by atoms with Crippen LogP contribution >= 0.6 is 0 Å². The summed E-state index contributed by atoms with van der Waals surface area (Å²) in [6, 6.07) is 7.26. The van der Waals surface area contributed by atoms with Gasteiger partial charge in [-0.25, -0.2) is 0 Å². The maximum Gasteiger partial charge on any atom is 0.261 e. The molecule has 168 valence electrons. The first-order valence-electron chi connectivity index (χ1n) is 11.1. The van der Waals surface area contributed by atoms with E-state index in [0.29, 0.717) is 30.3 Å². The average Bonchev–Trinajstić information content (AvgIpc) is 3.02. The SMILES string of the molecule is CN=C(NCCCCN1C(=O)c2ccccc2C1=O)NC1CCN(C(=O)C(C)C)CC1. The maximum atomic E-state index is 12.4. The molecule has 2 N–H and O–H groups in total. The zero-order valence-electron chi connectivity index (χ0n) is 18.7. The standard InChI is InChI=1S/C23H33N5O3/c1-16(2)20(29)27-14-10-17(11-15-27)26-23(24-3)25-12-6-7-13-28-21(30)18-8-4-5-9-19(18)22(28)31/h4-5,8-9,16-17H,6-7,10-15H2,1-3H3,(H2,24,25,26). The van der Waals surface area contributed by atoms with Gasteiger partial charge in [0.05, 0.1) is 11.1 Å². The van der Waals surface area contributed by atoms with Crippen molar-refractivity contribution >= 4 is 23.7 Å². The predicted molar refractivity (Wildman–Crippen MR) is 120 cm³/mol. The van der Waals surface area contributed by atoms with Crippen molar-refractivity contribution in [3.63, 3.8) is 0 Å². The van der Waals surface area contributed by atoms with Gasteiger partial charge in [0.15, 0.2) is 5.96 Å². The third-order valence-electron chi connectivity index (χ3n) is 5.84. The molecule has 0 aliphatic carbocycles. The molecule has 0 spiro atoms. The fourth-order valence-electron chi connectivity index (χ4n) is 4.04. The number of guanidine groups is 1. The zero-order valence-corrected chi connectivity index (χ0v) is 18.7. The van der Waals surface area contributed by atoms with Gasteiger partial charge in [-0.05, 0) is 37.8 Å². The van der Waals surface area contributed by atoms with E-state index in [2.05, 4.69) is 15.6 Å². The molecule has 2 aliphatic rings. The number of likely N-dealkylation sites (tertiary alicyclic amines) is 1. The summed E-state index contributed by atoms with van der Waals surface area (Å²) in [4.78, 5) is 44.4. The third-order valence-corrected chi connectivity index (χ3v) is 5.84. The van der Waals surface area contributed by atoms with Crippen LogP contribution in [0.2, 0.25) is 0 Å². The molecule has 0 aromatic heterocycles. The number of imide groups is 1. The third kappa shape index (κ3) is 5.42. The normalized spacial score (nSPS) is 17.4. The van der Waals surface area contributed by atoms with Crippen molar-refractivity contribution in [3.05, 3.63) is 35.4 Å². The highest BCUT2D eigenvalue weighted by Crippen LogP contribution is 2.22. The molecule has 2 aliphatic heterocycles. The molecule has 1 fully saturated rings. The lowest BCUT2D eigenvalue weighted by atomic mass is 10.0. The molecule has 2 heterocycles. The second-order valence-electron chi connectivity index (χ2n) is 8.41. The molecule has 0 saturated carbocycles. The lowest BCUT2D eigenvalue weighted by Crippen LogP contribution is -2.50. The molecule has 3 rings (SSSR count). The Hall–Kier alpha value is -2.90. The van der Waals surface area contributed by atoms with Crippen LogP contribution in [0.5, 0.6) is 0 Å². The fraction of sp³-hybridized carbons (Fsp3) is 0.565. The number of carbonyl (C=O) groups is 3. The largest absolute Gasteiger partial charge is 0.356 e. The lowest BCUT2D eigenvalue weighted by molar-refractivity contribution is -0.135. The number of piperidine rings is 1. The summed E-state index contributed by atoms with van der Waals surface area (Å²) in [6.07, 6.45) is 3.35. The zero-order chi connectivity index (χ0) is 22.4. The fourth-order valence-corrected chi connectivity index (χ4v) is 4.04. The molecular formula is C23H33N5O3. The monoisotopic (exact) mass is 427 g/mol. The molecule has 0 atom stereocenters. The van der Waals surface area contributed by atoms with Gasteiger partial charge in [-0.15, -0.1) is 0 Å². The van der Waals surface area contributed by atoms with E-state index in [1.54, 1.807) is 31.3 Å². The Morgan fingerprint density at radius 1 is 1.10 bits per heavy atom. The second kappa shape index (κ2) is 10.4. The summed E-state index contributed by atoms with van der Waals surface area (Å²) in [7, 11) is 1.74. The lowest BCUT2D eigenvalue weighted by Gasteiger charge is -2.34. The number of aliphatic imine (C=N–C) groups is 1. The maximum absolute atomic E-state index is 12.4. The highest BCUT2D eigenvalue weighted by molar-refractivity contribution is 6.21. The van der Waals surface area contributed by atoms with Crippen LogP contribution in [0.4, 0.5) is 0 Å². The van der Waals surface area contributed by atoms with E-state index < -0.39 is 0 Å². The van der Waals surface area contributed by atoms with Crippen LogP contribution in [-0.2, 0) is 4.79 Å². The first kappa shape index (κ1) is 22.8. The van der Waals surface area contributed by atoms with Crippen molar-refractivity contribution in [1.82, 2.24) is 20.4 Å². The van der Waals surface area contributed by atoms with Crippen molar-refractivity contribution in [2.75, 3.05) is 33.2 Å². The quantitative estimate of drug-likeness (QED) is 0.300. The van der Waals surface area contributed by atoms with Crippen LogP contribution in [0.25, 0.3) is 0 Å². The molecule has 8 heteroatoms. The number of rotatable bonds is 7. The van der Waals surface area contributed by atoms with Crippen LogP contribution in [0.1, 0.15) is 60.2 Å². The molecule has 31 heavy (non-hydrogen) atoms. The topological polar surface area (TPSA) is 94.1 Å². The Labute approximate surface area is 184 Å². The second-order valence-corrected chi connectivity index (χ2v) is 8.41. The minimum Gasteiger partial charge on any atom is -0.356 e. The number of hydrogen-bond donors (Lipinski definition) is 2. The molecule has 8 nitrogen and oxygen atoms in total. The number of nitrogens with zero attached hydrogens (tertiary/aromatic N) is 3. The van der Waals surface area contributed by atoms with Crippen molar-refractivity contribution in [3.8, 4) is 0 Å². The molecule has 1 saturated heterocycles. The Morgan fingerprint density at radius 3 is 2.26 bits per heavy atom. The number of hydrogen-bond acceptors (Lipinski definition) is 4. The van der Waals surface area contributed by atoms with Gasteiger partial charge in [-0.2, -0.15) is 0 Å². The summed E-state index contributed by atoms with van der Waals surface area (Å²) in [6.45, 7) is 6.54. The molecular weight excluding hydrogens is 394 g/mol. The van der Waals surface area contributed by atoms with Crippen molar-refractivity contribution < 1.29 is 14.4 Å². The smallest absolute Gasteiger partial charge is 0.261 e. The highest BCUT2D eigenvalue weighted by atomic mass is 16.2. The minimum absolute atomic E-state index is 0.0410. The first-order valence-corrected chi connectivity index (χ1v) is 11.1. The van der Waals surface area contributed by atoms with E-state index in [9.17, 15) is 14.4 Å². The van der Waals surface area contributed by atoms with Crippen LogP contribution in [0.3, 0.4) is 0 Å². The van der Waals surface area contributed by atoms with E-state index >= 15 is 0 Å². The number of unbranched alkanes of at least 4 members (excludes halogenated alkanes) is 1. The van der Waals surface area contributed by atoms with Crippen LogP contribution in [-0.4, -0.2) is 72.7 Å². The molecule has 0 radical (unpaired) electrons.